The number of nitrogens with zero attached hydrogens (tertiary/aromatic N) is 2. The Hall–Kier alpha value is -3.55. The number of aromatic nitrogens is 2. The lowest BCUT2D eigenvalue weighted by atomic mass is 10.2. The average molecular weight is 370 g/mol. The molecular formula is C19H16F2N4O2. The minimum Gasteiger partial charge on any atom is -0.484 e. The van der Waals surface area contributed by atoms with E-state index in [-0.39, 0.29) is 23.9 Å². The Morgan fingerprint density at radius 3 is 2.22 bits per heavy atom. The first kappa shape index (κ1) is 18.2. The lowest BCUT2D eigenvalue weighted by molar-refractivity contribution is -0.118. The molecule has 0 fully saturated rings. The number of benzene rings is 2. The Morgan fingerprint density at radius 2 is 1.59 bits per heavy atom. The van der Waals surface area contributed by atoms with E-state index in [1.807, 2.05) is 19.1 Å². The van der Waals surface area contributed by atoms with Crippen LogP contribution in [0.15, 0.2) is 54.6 Å². The van der Waals surface area contributed by atoms with E-state index in [4.69, 9.17) is 4.74 Å². The second-order valence-electron chi connectivity index (χ2n) is 5.68. The van der Waals surface area contributed by atoms with Crippen LogP contribution in [0, 0.1) is 18.6 Å². The van der Waals surface area contributed by atoms with Gasteiger partial charge in [0.2, 0.25) is 0 Å². The number of anilines is 3. The van der Waals surface area contributed by atoms with Gasteiger partial charge in [-0.3, -0.25) is 4.79 Å². The monoisotopic (exact) mass is 370 g/mol. The highest BCUT2D eigenvalue weighted by Crippen LogP contribution is 2.22. The topological polar surface area (TPSA) is 76.1 Å². The van der Waals surface area contributed by atoms with Gasteiger partial charge in [0.1, 0.15) is 23.1 Å². The van der Waals surface area contributed by atoms with Gasteiger partial charge < -0.3 is 15.4 Å². The highest BCUT2D eigenvalue weighted by Gasteiger charge is 2.10. The van der Waals surface area contributed by atoms with Gasteiger partial charge in [-0.05, 0) is 43.3 Å². The summed E-state index contributed by atoms with van der Waals surface area (Å²) in [5.74, 6) is -1.01. The molecular weight excluding hydrogens is 354 g/mol. The largest absolute Gasteiger partial charge is 0.484 e. The van der Waals surface area contributed by atoms with Gasteiger partial charge in [-0.2, -0.15) is 0 Å². The van der Waals surface area contributed by atoms with Gasteiger partial charge in [0, 0.05) is 0 Å². The summed E-state index contributed by atoms with van der Waals surface area (Å²) in [5, 5.41) is 12.6. The van der Waals surface area contributed by atoms with Crippen molar-refractivity contribution in [2.45, 2.75) is 6.92 Å². The molecule has 27 heavy (non-hydrogen) atoms. The number of rotatable bonds is 6. The second kappa shape index (κ2) is 8.22. The zero-order chi connectivity index (χ0) is 19.2. The molecule has 1 heterocycles. The van der Waals surface area contributed by atoms with Crippen LogP contribution in [0.5, 0.6) is 5.75 Å². The van der Waals surface area contributed by atoms with E-state index >= 15 is 0 Å². The Morgan fingerprint density at radius 1 is 0.963 bits per heavy atom. The molecule has 8 heteroatoms. The lowest BCUT2D eigenvalue weighted by Gasteiger charge is -2.09. The Kier molecular flexibility index (Phi) is 5.55. The molecule has 0 radical (unpaired) electrons. The van der Waals surface area contributed by atoms with E-state index in [1.54, 1.807) is 12.1 Å². The van der Waals surface area contributed by atoms with Crippen molar-refractivity contribution in [2.75, 3.05) is 17.2 Å². The fourth-order valence-corrected chi connectivity index (χ4v) is 2.17. The van der Waals surface area contributed by atoms with Crippen LogP contribution in [0.25, 0.3) is 0 Å². The summed E-state index contributed by atoms with van der Waals surface area (Å²) in [5.41, 5.74) is 0.765. The normalized spacial score (nSPS) is 10.3. The summed E-state index contributed by atoms with van der Waals surface area (Å²) in [7, 11) is 0. The van der Waals surface area contributed by atoms with Crippen LogP contribution in [0.2, 0.25) is 0 Å². The predicted octanol–water partition coefficient (Wildman–Crippen LogP) is 3.82. The van der Waals surface area contributed by atoms with Crippen LogP contribution in [-0.4, -0.2) is 22.7 Å². The molecule has 6 nitrogen and oxygen atoms in total. The van der Waals surface area contributed by atoms with Gasteiger partial charge >= 0.3 is 0 Å². The number of aryl methyl sites for hydroxylation is 1. The third-order valence-corrected chi connectivity index (χ3v) is 3.54. The summed E-state index contributed by atoms with van der Waals surface area (Å²) in [6.45, 7) is 1.76. The number of carbonyl (C=O) groups excluding carboxylic acids is 1. The molecule has 0 atom stereocenters. The van der Waals surface area contributed by atoms with Crippen LogP contribution >= 0.6 is 0 Å². The number of carbonyl (C=O) groups is 1. The van der Waals surface area contributed by atoms with Crippen LogP contribution in [0.4, 0.5) is 26.1 Å². The van der Waals surface area contributed by atoms with Crippen molar-refractivity contribution in [1.29, 1.82) is 0 Å². The first-order chi connectivity index (χ1) is 13.0. The van der Waals surface area contributed by atoms with E-state index in [0.29, 0.717) is 5.75 Å². The molecule has 0 saturated carbocycles. The standard InChI is InChI=1S/C19H16F2N4O2/c1-12-5-7-13(8-6-12)27-11-18(26)22-16-9-10-17(25-24-16)23-19-14(20)3-2-4-15(19)21/h2-10H,11H2,1H3,(H,23,25)(H,22,24,26). The third-order valence-electron chi connectivity index (χ3n) is 3.54. The predicted molar refractivity (Wildman–Crippen MR) is 97.0 cm³/mol. The number of para-hydroxylation sites is 1. The fourth-order valence-electron chi connectivity index (χ4n) is 2.17. The van der Waals surface area contributed by atoms with Crippen LogP contribution in [0.3, 0.4) is 0 Å². The van der Waals surface area contributed by atoms with Gasteiger partial charge in [-0.25, -0.2) is 8.78 Å². The quantitative estimate of drug-likeness (QED) is 0.690. The molecule has 2 N–H and O–H groups in total. The van der Waals surface area contributed by atoms with Gasteiger partial charge in [0.05, 0.1) is 0 Å². The smallest absolute Gasteiger partial charge is 0.263 e. The molecule has 3 aromatic rings. The summed E-state index contributed by atoms with van der Waals surface area (Å²) in [6.07, 6.45) is 0. The van der Waals surface area contributed by atoms with E-state index < -0.39 is 17.5 Å². The van der Waals surface area contributed by atoms with Crippen LogP contribution in [0.1, 0.15) is 5.56 Å². The highest BCUT2D eigenvalue weighted by atomic mass is 19.1. The molecule has 3 rings (SSSR count). The number of nitrogens with one attached hydrogen (secondary N) is 2. The van der Waals surface area contributed by atoms with Crippen LogP contribution in [-0.2, 0) is 4.79 Å². The molecule has 138 valence electrons. The van der Waals surface area contributed by atoms with Gasteiger partial charge in [0.25, 0.3) is 5.91 Å². The first-order valence-electron chi connectivity index (χ1n) is 8.05. The summed E-state index contributed by atoms with van der Waals surface area (Å²) < 4.78 is 32.6. The first-order valence-corrected chi connectivity index (χ1v) is 8.05. The van der Waals surface area contributed by atoms with Crippen molar-refractivity contribution in [3.8, 4) is 5.75 Å². The molecule has 1 aromatic heterocycles. The van der Waals surface area contributed by atoms with Gasteiger partial charge in [-0.15, -0.1) is 10.2 Å². The molecule has 0 bridgehead atoms. The molecule has 0 aliphatic carbocycles. The second-order valence-corrected chi connectivity index (χ2v) is 5.68. The van der Waals surface area contributed by atoms with Crippen molar-refractivity contribution in [3.63, 3.8) is 0 Å². The van der Waals surface area contributed by atoms with E-state index in [2.05, 4.69) is 20.8 Å². The maximum absolute atomic E-state index is 13.6. The Bertz CT molecular complexity index is 911. The third kappa shape index (κ3) is 4.97. The van der Waals surface area contributed by atoms with E-state index in [9.17, 15) is 13.6 Å². The average Bonchev–Trinajstić information content (AvgIpc) is 2.66. The molecule has 2 aromatic carbocycles. The molecule has 0 saturated heterocycles. The van der Waals surface area contributed by atoms with Crippen molar-refractivity contribution < 1.29 is 18.3 Å². The fraction of sp³-hybridized carbons (Fsp3) is 0.105. The minimum atomic E-state index is -0.748. The van der Waals surface area contributed by atoms with Crippen molar-refractivity contribution in [2.24, 2.45) is 0 Å². The molecule has 0 spiro atoms. The van der Waals surface area contributed by atoms with Gasteiger partial charge in [0.15, 0.2) is 18.2 Å². The van der Waals surface area contributed by atoms with Crippen molar-refractivity contribution in [1.82, 2.24) is 10.2 Å². The lowest BCUT2D eigenvalue weighted by Crippen LogP contribution is -2.21. The number of hydrogen-bond donors (Lipinski definition) is 2. The zero-order valence-corrected chi connectivity index (χ0v) is 14.4. The SMILES string of the molecule is Cc1ccc(OCC(=O)Nc2ccc(Nc3c(F)cccc3F)nn2)cc1. The minimum absolute atomic E-state index is 0.132. The molecule has 0 aliphatic rings. The number of hydrogen-bond acceptors (Lipinski definition) is 5. The highest BCUT2D eigenvalue weighted by molar-refractivity contribution is 5.90. The Balaban J connectivity index is 1.55. The van der Waals surface area contributed by atoms with Crippen molar-refractivity contribution >= 4 is 23.2 Å². The molecule has 0 aliphatic heterocycles. The van der Waals surface area contributed by atoms with Crippen LogP contribution < -0.4 is 15.4 Å². The number of ether oxygens (including phenoxy) is 1. The number of halogens is 2. The molecule has 0 unspecified atom stereocenters. The summed E-state index contributed by atoms with van der Waals surface area (Å²) >= 11 is 0. The summed E-state index contributed by atoms with van der Waals surface area (Å²) in [6, 6.07) is 13.7. The summed E-state index contributed by atoms with van der Waals surface area (Å²) in [4.78, 5) is 11.9. The maximum atomic E-state index is 13.6. The molecule has 1 amide bonds. The zero-order valence-electron chi connectivity index (χ0n) is 14.4. The number of amides is 1. The van der Waals surface area contributed by atoms with Gasteiger partial charge in [-0.1, -0.05) is 23.8 Å². The maximum Gasteiger partial charge on any atom is 0.263 e. The Labute approximate surface area is 154 Å². The van der Waals surface area contributed by atoms with E-state index in [0.717, 1.165) is 17.7 Å². The van der Waals surface area contributed by atoms with E-state index in [1.165, 1.54) is 18.2 Å². The van der Waals surface area contributed by atoms with Crippen molar-refractivity contribution in [3.05, 3.63) is 71.8 Å².